The summed E-state index contributed by atoms with van der Waals surface area (Å²) in [5, 5.41) is 6.28. The molecule has 0 bridgehead atoms. The minimum atomic E-state index is -0.238. The van der Waals surface area contributed by atoms with E-state index in [1.54, 1.807) is 11.3 Å². The van der Waals surface area contributed by atoms with Crippen LogP contribution in [0.15, 0.2) is 5.38 Å². The number of anilines is 1. The molecule has 1 aliphatic carbocycles. The first-order valence-electron chi connectivity index (χ1n) is 6.92. The van der Waals surface area contributed by atoms with E-state index in [2.05, 4.69) is 22.0 Å². The van der Waals surface area contributed by atoms with E-state index in [0.717, 1.165) is 17.4 Å². The molecule has 1 saturated carbocycles. The number of carbonyl (C=O) groups is 1. The Hall–Kier alpha value is -1.10. The van der Waals surface area contributed by atoms with Gasteiger partial charge in [-0.25, -0.2) is 4.98 Å². The first kappa shape index (κ1) is 14.3. The molecule has 0 amide bonds. The highest BCUT2D eigenvalue weighted by atomic mass is 32.1. The predicted octanol–water partition coefficient (Wildman–Crippen LogP) is 3.24. The number of carbonyl (C=O) groups excluding carboxylic acids is 1. The Morgan fingerprint density at radius 3 is 2.89 bits per heavy atom. The average Bonchev–Trinajstić information content (AvgIpc) is 3.06. The molecule has 1 fully saturated rings. The van der Waals surface area contributed by atoms with Crippen molar-refractivity contribution in [3.63, 3.8) is 0 Å². The monoisotopic (exact) mass is 282 g/mol. The van der Waals surface area contributed by atoms with Gasteiger partial charge >= 0.3 is 5.97 Å². The molecule has 1 heterocycles. The molecular weight excluding hydrogens is 260 g/mol. The molecule has 2 rings (SSSR count). The number of methoxy groups -OCH3 is 1. The zero-order valence-corrected chi connectivity index (χ0v) is 12.5. The summed E-state index contributed by atoms with van der Waals surface area (Å²) in [6, 6.07) is 0. The Balaban J connectivity index is 1.87. The summed E-state index contributed by atoms with van der Waals surface area (Å²) in [4.78, 5) is 15.6. The smallest absolute Gasteiger partial charge is 0.311 e. The van der Waals surface area contributed by atoms with Crippen molar-refractivity contribution >= 4 is 22.4 Å². The van der Waals surface area contributed by atoms with Gasteiger partial charge in [-0.05, 0) is 24.7 Å². The normalized spacial score (nSPS) is 17.4. The van der Waals surface area contributed by atoms with Crippen LogP contribution in [0.2, 0.25) is 0 Å². The van der Waals surface area contributed by atoms with Crippen LogP contribution >= 0.6 is 11.3 Å². The number of hydrogen-bond donors (Lipinski definition) is 1. The van der Waals surface area contributed by atoms with Crippen LogP contribution in [0.25, 0.3) is 0 Å². The van der Waals surface area contributed by atoms with Gasteiger partial charge in [0.1, 0.15) is 0 Å². The van der Waals surface area contributed by atoms with Crippen molar-refractivity contribution < 1.29 is 9.53 Å². The minimum Gasteiger partial charge on any atom is -0.469 e. The average molecular weight is 282 g/mol. The van der Waals surface area contributed by atoms with Gasteiger partial charge in [0.25, 0.3) is 0 Å². The fourth-order valence-electron chi connectivity index (χ4n) is 2.73. The van der Waals surface area contributed by atoms with Gasteiger partial charge in [0.05, 0.1) is 19.2 Å². The Morgan fingerprint density at radius 1 is 1.53 bits per heavy atom. The molecule has 1 N–H and O–H groups in total. The maximum Gasteiger partial charge on any atom is 0.311 e. The predicted molar refractivity (Wildman–Crippen MR) is 77.5 cm³/mol. The third-order valence-electron chi connectivity index (χ3n) is 4.13. The second kappa shape index (κ2) is 6.37. The third-order valence-corrected chi connectivity index (χ3v) is 4.98. The number of hydrogen-bond acceptors (Lipinski definition) is 5. The van der Waals surface area contributed by atoms with Gasteiger partial charge in [-0.3, -0.25) is 4.79 Å². The van der Waals surface area contributed by atoms with Crippen molar-refractivity contribution in [2.45, 2.75) is 45.4 Å². The summed E-state index contributed by atoms with van der Waals surface area (Å²) < 4.78 is 4.64. The molecule has 1 aromatic rings. The van der Waals surface area contributed by atoms with Gasteiger partial charge in [0.15, 0.2) is 5.13 Å². The molecule has 5 heteroatoms. The van der Waals surface area contributed by atoms with E-state index in [4.69, 9.17) is 0 Å². The van der Waals surface area contributed by atoms with Crippen LogP contribution in [-0.2, 0) is 16.0 Å². The molecule has 0 saturated heterocycles. The van der Waals surface area contributed by atoms with Gasteiger partial charge in [-0.2, -0.15) is 0 Å². The molecule has 1 aliphatic rings. The molecule has 0 aliphatic heterocycles. The van der Waals surface area contributed by atoms with Gasteiger partial charge < -0.3 is 10.1 Å². The van der Waals surface area contributed by atoms with Crippen molar-refractivity contribution in [3.8, 4) is 0 Å². The first-order chi connectivity index (χ1) is 9.17. The number of esters is 1. The Morgan fingerprint density at radius 2 is 2.26 bits per heavy atom. The standard InChI is InChI=1S/C14H22N2O2S/c1-3-14(6-4-5-7-14)10-15-13-16-11(9-19-13)8-12(17)18-2/h9H,3-8,10H2,1-2H3,(H,15,16). The number of thiazole rings is 1. The number of nitrogens with one attached hydrogen (secondary N) is 1. The first-order valence-corrected chi connectivity index (χ1v) is 7.80. The highest BCUT2D eigenvalue weighted by Gasteiger charge is 2.31. The topological polar surface area (TPSA) is 51.2 Å². The van der Waals surface area contributed by atoms with E-state index < -0.39 is 0 Å². The van der Waals surface area contributed by atoms with E-state index in [9.17, 15) is 4.79 Å². The van der Waals surface area contributed by atoms with Crippen LogP contribution in [0.4, 0.5) is 5.13 Å². The number of aromatic nitrogens is 1. The molecule has 0 aromatic carbocycles. The SMILES string of the molecule is CCC1(CNc2nc(CC(=O)OC)cs2)CCCC1. The largest absolute Gasteiger partial charge is 0.469 e. The van der Waals surface area contributed by atoms with Crippen molar-refractivity contribution in [3.05, 3.63) is 11.1 Å². The summed E-state index contributed by atoms with van der Waals surface area (Å²) in [7, 11) is 1.40. The number of ether oxygens (including phenoxy) is 1. The maximum atomic E-state index is 11.2. The lowest BCUT2D eigenvalue weighted by molar-refractivity contribution is -0.139. The van der Waals surface area contributed by atoms with Crippen LogP contribution in [0.3, 0.4) is 0 Å². The van der Waals surface area contributed by atoms with Crippen molar-refractivity contribution in [2.75, 3.05) is 19.0 Å². The summed E-state index contributed by atoms with van der Waals surface area (Å²) in [6.07, 6.45) is 6.81. The van der Waals surface area contributed by atoms with Crippen LogP contribution in [-0.4, -0.2) is 24.6 Å². The van der Waals surface area contributed by atoms with Gasteiger partial charge in [0, 0.05) is 11.9 Å². The lowest BCUT2D eigenvalue weighted by Crippen LogP contribution is -2.25. The summed E-state index contributed by atoms with van der Waals surface area (Å²) in [5.41, 5.74) is 1.24. The highest BCUT2D eigenvalue weighted by Crippen LogP contribution is 2.41. The summed E-state index contributed by atoms with van der Waals surface area (Å²) in [5.74, 6) is -0.238. The molecule has 19 heavy (non-hydrogen) atoms. The third kappa shape index (κ3) is 3.69. The summed E-state index contributed by atoms with van der Waals surface area (Å²) in [6.45, 7) is 3.27. The summed E-state index contributed by atoms with van der Waals surface area (Å²) >= 11 is 1.56. The van der Waals surface area contributed by atoms with Gasteiger partial charge in [0.2, 0.25) is 0 Å². The molecule has 0 unspecified atom stereocenters. The van der Waals surface area contributed by atoms with Crippen LogP contribution in [0, 0.1) is 5.41 Å². The zero-order chi connectivity index (χ0) is 13.7. The quantitative estimate of drug-likeness (QED) is 0.814. The van der Waals surface area contributed by atoms with Crippen molar-refractivity contribution in [2.24, 2.45) is 5.41 Å². The second-order valence-electron chi connectivity index (χ2n) is 5.31. The number of rotatable bonds is 6. The minimum absolute atomic E-state index is 0.238. The fourth-order valence-corrected chi connectivity index (χ4v) is 3.44. The van der Waals surface area contributed by atoms with E-state index in [-0.39, 0.29) is 12.4 Å². The van der Waals surface area contributed by atoms with E-state index in [0.29, 0.717) is 5.41 Å². The van der Waals surface area contributed by atoms with E-state index >= 15 is 0 Å². The highest BCUT2D eigenvalue weighted by molar-refractivity contribution is 7.13. The Labute approximate surface area is 118 Å². The molecular formula is C14H22N2O2S. The Kier molecular flexibility index (Phi) is 4.80. The molecule has 106 valence electrons. The zero-order valence-electron chi connectivity index (χ0n) is 11.7. The van der Waals surface area contributed by atoms with Crippen LogP contribution in [0.1, 0.15) is 44.7 Å². The van der Waals surface area contributed by atoms with Gasteiger partial charge in [-0.15, -0.1) is 11.3 Å². The van der Waals surface area contributed by atoms with Gasteiger partial charge in [-0.1, -0.05) is 19.8 Å². The van der Waals surface area contributed by atoms with E-state index in [1.807, 2.05) is 5.38 Å². The fraction of sp³-hybridized carbons (Fsp3) is 0.714. The lowest BCUT2D eigenvalue weighted by Gasteiger charge is -2.27. The maximum absolute atomic E-state index is 11.2. The molecule has 0 atom stereocenters. The molecule has 4 nitrogen and oxygen atoms in total. The molecule has 0 spiro atoms. The second-order valence-corrected chi connectivity index (χ2v) is 6.17. The molecule has 1 aromatic heterocycles. The van der Waals surface area contributed by atoms with E-state index in [1.165, 1.54) is 39.2 Å². The van der Waals surface area contributed by atoms with Crippen LogP contribution in [0.5, 0.6) is 0 Å². The number of nitrogens with zero attached hydrogens (tertiary/aromatic N) is 1. The van der Waals surface area contributed by atoms with Crippen molar-refractivity contribution in [1.29, 1.82) is 0 Å². The Bertz CT molecular complexity index is 425. The van der Waals surface area contributed by atoms with Crippen molar-refractivity contribution in [1.82, 2.24) is 4.98 Å². The lowest BCUT2D eigenvalue weighted by atomic mass is 9.83. The molecule has 0 radical (unpaired) electrons. The van der Waals surface area contributed by atoms with Crippen LogP contribution < -0.4 is 5.32 Å².